The largest absolute Gasteiger partial charge is 0.464 e. The Hall–Kier alpha value is -3.20. The standard InChI is InChI=1S/C20H22N6O3/c1-13-16(10-22-23-13)19(27)25-7-5-24(6-8-25)14-11-26(12-14)20(28)18-15-3-9-29-17(15)2-4-21-18/h2-4,9-10,14H,5-8,11-12H2,1H3,(H,22,23). The lowest BCUT2D eigenvalue weighted by Gasteiger charge is -2.48. The topological polar surface area (TPSA) is 98.6 Å². The van der Waals surface area contributed by atoms with Gasteiger partial charge in [-0.05, 0) is 19.1 Å². The van der Waals surface area contributed by atoms with Crippen molar-refractivity contribution >= 4 is 22.8 Å². The van der Waals surface area contributed by atoms with Crippen molar-refractivity contribution in [3.05, 3.63) is 47.7 Å². The van der Waals surface area contributed by atoms with E-state index in [1.807, 2.05) is 16.7 Å². The number of carbonyl (C=O) groups excluding carboxylic acids is 2. The molecule has 2 aliphatic heterocycles. The number of nitrogens with one attached hydrogen (secondary N) is 1. The molecule has 0 aliphatic carbocycles. The number of amides is 2. The molecular formula is C20H22N6O3. The van der Waals surface area contributed by atoms with Crippen molar-refractivity contribution in [3.8, 4) is 0 Å². The first-order chi connectivity index (χ1) is 14.1. The Morgan fingerprint density at radius 2 is 1.90 bits per heavy atom. The fraction of sp³-hybridized carbons (Fsp3) is 0.400. The number of carbonyl (C=O) groups is 2. The van der Waals surface area contributed by atoms with Crippen LogP contribution in [0.25, 0.3) is 11.0 Å². The number of fused-ring (bicyclic) bond motifs is 1. The highest BCUT2D eigenvalue weighted by Crippen LogP contribution is 2.24. The molecule has 9 heteroatoms. The van der Waals surface area contributed by atoms with Gasteiger partial charge in [0.15, 0.2) is 0 Å². The zero-order chi connectivity index (χ0) is 20.0. The van der Waals surface area contributed by atoms with Gasteiger partial charge in [0, 0.05) is 57.2 Å². The Morgan fingerprint density at radius 3 is 2.62 bits per heavy atom. The summed E-state index contributed by atoms with van der Waals surface area (Å²) in [5.41, 5.74) is 2.56. The van der Waals surface area contributed by atoms with Crippen molar-refractivity contribution in [2.45, 2.75) is 13.0 Å². The second-order valence-electron chi connectivity index (χ2n) is 7.59. The molecule has 0 bridgehead atoms. The molecule has 0 unspecified atom stereocenters. The van der Waals surface area contributed by atoms with Crippen LogP contribution >= 0.6 is 0 Å². The van der Waals surface area contributed by atoms with E-state index in [0.717, 1.165) is 24.2 Å². The van der Waals surface area contributed by atoms with E-state index in [9.17, 15) is 9.59 Å². The summed E-state index contributed by atoms with van der Waals surface area (Å²) in [6.07, 6.45) is 4.77. The van der Waals surface area contributed by atoms with Gasteiger partial charge in [-0.15, -0.1) is 0 Å². The average molecular weight is 394 g/mol. The minimum Gasteiger partial charge on any atom is -0.464 e. The molecule has 1 N–H and O–H groups in total. The number of furan rings is 1. The number of H-pyrrole nitrogens is 1. The second kappa shape index (κ2) is 7.00. The molecule has 5 rings (SSSR count). The normalized spacial score (nSPS) is 18.2. The van der Waals surface area contributed by atoms with Crippen LogP contribution in [0.1, 0.15) is 26.5 Å². The predicted octanol–water partition coefficient (Wildman–Crippen LogP) is 1.14. The number of hydrogen-bond donors (Lipinski definition) is 1. The van der Waals surface area contributed by atoms with Crippen LogP contribution in [0, 0.1) is 6.92 Å². The number of likely N-dealkylation sites (tertiary alicyclic amines) is 1. The number of nitrogens with zero attached hydrogens (tertiary/aromatic N) is 5. The third-order valence-electron chi connectivity index (χ3n) is 5.91. The molecule has 0 saturated carbocycles. The first-order valence-electron chi connectivity index (χ1n) is 9.76. The average Bonchev–Trinajstić information content (AvgIpc) is 3.35. The fourth-order valence-electron chi connectivity index (χ4n) is 4.09. The predicted molar refractivity (Wildman–Crippen MR) is 105 cm³/mol. The number of hydrogen-bond acceptors (Lipinski definition) is 6. The maximum Gasteiger partial charge on any atom is 0.273 e. The smallest absolute Gasteiger partial charge is 0.273 e. The van der Waals surface area contributed by atoms with Gasteiger partial charge in [-0.25, -0.2) is 0 Å². The van der Waals surface area contributed by atoms with Gasteiger partial charge in [0.2, 0.25) is 0 Å². The summed E-state index contributed by atoms with van der Waals surface area (Å²) in [4.78, 5) is 35.7. The molecule has 2 saturated heterocycles. The van der Waals surface area contributed by atoms with Gasteiger partial charge in [-0.3, -0.25) is 24.6 Å². The van der Waals surface area contributed by atoms with Crippen LogP contribution in [-0.2, 0) is 0 Å². The third kappa shape index (κ3) is 3.07. The molecule has 2 amide bonds. The number of aryl methyl sites for hydroxylation is 1. The third-order valence-corrected chi connectivity index (χ3v) is 5.91. The maximum atomic E-state index is 12.8. The van der Waals surface area contributed by atoms with E-state index < -0.39 is 0 Å². The summed E-state index contributed by atoms with van der Waals surface area (Å²) in [5, 5.41) is 7.51. The minimum atomic E-state index is -0.0579. The van der Waals surface area contributed by atoms with Crippen molar-refractivity contribution in [1.82, 2.24) is 29.9 Å². The summed E-state index contributed by atoms with van der Waals surface area (Å²) < 4.78 is 5.36. The molecule has 3 aromatic rings. The summed E-state index contributed by atoms with van der Waals surface area (Å²) in [7, 11) is 0. The summed E-state index contributed by atoms with van der Waals surface area (Å²) in [5.74, 6) is -0.0295. The minimum absolute atomic E-state index is 0.0283. The fourth-order valence-corrected chi connectivity index (χ4v) is 4.09. The maximum absolute atomic E-state index is 12.8. The van der Waals surface area contributed by atoms with E-state index in [4.69, 9.17) is 4.42 Å². The van der Waals surface area contributed by atoms with Crippen LogP contribution in [-0.4, -0.2) is 87.0 Å². The molecule has 5 heterocycles. The molecule has 0 aromatic carbocycles. The monoisotopic (exact) mass is 394 g/mol. The van der Waals surface area contributed by atoms with Crippen LogP contribution in [0.2, 0.25) is 0 Å². The first kappa shape index (κ1) is 17.9. The van der Waals surface area contributed by atoms with Gasteiger partial charge in [-0.1, -0.05) is 0 Å². The van der Waals surface area contributed by atoms with Crippen molar-refractivity contribution in [1.29, 1.82) is 0 Å². The van der Waals surface area contributed by atoms with E-state index in [2.05, 4.69) is 20.1 Å². The first-order valence-corrected chi connectivity index (χ1v) is 9.76. The molecule has 9 nitrogen and oxygen atoms in total. The van der Waals surface area contributed by atoms with E-state index >= 15 is 0 Å². The van der Waals surface area contributed by atoms with Gasteiger partial charge >= 0.3 is 0 Å². The van der Waals surface area contributed by atoms with Crippen molar-refractivity contribution < 1.29 is 14.0 Å². The van der Waals surface area contributed by atoms with Gasteiger partial charge < -0.3 is 14.2 Å². The Labute approximate surface area is 167 Å². The number of aromatic nitrogens is 3. The van der Waals surface area contributed by atoms with Crippen molar-refractivity contribution in [3.63, 3.8) is 0 Å². The van der Waals surface area contributed by atoms with Crippen molar-refractivity contribution in [2.24, 2.45) is 0 Å². The lowest BCUT2D eigenvalue weighted by molar-refractivity contribution is 0.00834. The zero-order valence-corrected chi connectivity index (χ0v) is 16.2. The number of aromatic amines is 1. The van der Waals surface area contributed by atoms with Gasteiger partial charge in [0.25, 0.3) is 11.8 Å². The molecule has 0 radical (unpaired) electrons. The summed E-state index contributed by atoms with van der Waals surface area (Å²) in [6, 6.07) is 3.87. The van der Waals surface area contributed by atoms with E-state index in [1.165, 1.54) is 0 Å². The van der Waals surface area contributed by atoms with E-state index in [1.54, 1.807) is 30.8 Å². The van der Waals surface area contributed by atoms with Crippen LogP contribution in [0.4, 0.5) is 0 Å². The van der Waals surface area contributed by atoms with E-state index in [0.29, 0.717) is 49.1 Å². The van der Waals surface area contributed by atoms with Crippen LogP contribution in [0.15, 0.2) is 35.2 Å². The summed E-state index contributed by atoms with van der Waals surface area (Å²) in [6.45, 7) is 6.21. The van der Waals surface area contributed by atoms with Crippen LogP contribution < -0.4 is 0 Å². The molecule has 29 heavy (non-hydrogen) atoms. The van der Waals surface area contributed by atoms with Gasteiger partial charge in [0.1, 0.15) is 11.3 Å². The Bertz CT molecular complexity index is 1060. The van der Waals surface area contributed by atoms with E-state index in [-0.39, 0.29) is 11.8 Å². The zero-order valence-electron chi connectivity index (χ0n) is 16.2. The highest BCUT2D eigenvalue weighted by atomic mass is 16.3. The molecule has 3 aromatic heterocycles. The van der Waals surface area contributed by atoms with Gasteiger partial charge in [-0.2, -0.15) is 5.10 Å². The SMILES string of the molecule is Cc1[nH]ncc1C(=O)N1CCN(C2CN(C(=O)c3nccc4occc34)C2)CC1. The molecule has 0 atom stereocenters. The van der Waals surface area contributed by atoms with Crippen molar-refractivity contribution in [2.75, 3.05) is 39.3 Å². The summed E-state index contributed by atoms with van der Waals surface area (Å²) >= 11 is 0. The number of piperazine rings is 1. The second-order valence-corrected chi connectivity index (χ2v) is 7.59. The molecular weight excluding hydrogens is 372 g/mol. The molecule has 0 spiro atoms. The van der Waals surface area contributed by atoms with Gasteiger partial charge in [0.05, 0.1) is 23.4 Å². The lowest BCUT2D eigenvalue weighted by atomic mass is 10.0. The Kier molecular flexibility index (Phi) is 4.31. The molecule has 2 fully saturated rings. The quantitative estimate of drug-likeness (QED) is 0.715. The molecule has 2 aliphatic rings. The highest BCUT2D eigenvalue weighted by Gasteiger charge is 2.38. The Balaban J connectivity index is 1.16. The molecule has 150 valence electrons. The lowest BCUT2D eigenvalue weighted by Crippen LogP contribution is -2.64. The van der Waals surface area contributed by atoms with Crippen LogP contribution in [0.3, 0.4) is 0 Å². The number of rotatable bonds is 3. The Morgan fingerprint density at radius 1 is 1.10 bits per heavy atom. The number of pyridine rings is 1. The van der Waals surface area contributed by atoms with Crippen LogP contribution in [0.5, 0.6) is 0 Å². The highest BCUT2D eigenvalue weighted by molar-refractivity contribution is 6.04.